The summed E-state index contributed by atoms with van der Waals surface area (Å²) in [6.07, 6.45) is 1.39. The van der Waals surface area contributed by atoms with Crippen LogP contribution in [-0.2, 0) is 11.3 Å². The molecule has 1 aromatic carbocycles. The molecule has 1 rings (SSSR count). The highest BCUT2D eigenvalue weighted by Crippen LogP contribution is 2.37. The van der Waals surface area contributed by atoms with Crippen molar-refractivity contribution in [2.75, 3.05) is 13.7 Å². The van der Waals surface area contributed by atoms with E-state index in [1.54, 1.807) is 14.0 Å². The Morgan fingerprint density at radius 3 is 2.76 bits per heavy atom. The van der Waals surface area contributed by atoms with Crippen LogP contribution in [0.2, 0.25) is 0 Å². The van der Waals surface area contributed by atoms with Gasteiger partial charge in [-0.3, -0.25) is 4.79 Å². The number of hydrogen-bond acceptors (Lipinski definition) is 4. The Labute approximate surface area is 134 Å². The van der Waals surface area contributed by atoms with Crippen molar-refractivity contribution in [1.29, 1.82) is 0 Å². The van der Waals surface area contributed by atoms with E-state index in [0.29, 0.717) is 24.6 Å². The molecule has 0 saturated carbocycles. The highest BCUT2D eigenvalue weighted by Gasteiger charge is 2.19. The average Bonchev–Trinajstić information content (AvgIpc) is 2.48. The molecule has 0 bridgehead atoms. The molecule has 1 amide bonds. The van der Waals surface area contributed by atoms with Gasteiger partial charge in [0.25, 0.3) is 5.91 Å². The van der Waals surface area contributed by atoms with Crippen LogP contribution in [0.15, 0.2) is 16.6 Å². The van der Waals surface area contributed by atoms with Crippen LogP contribution in [0, 0.1) is 0 Å². The zero-order valence-electron chi connectivity index (χ0n) is 12.7. The number of amides is 1. The van der Waals surface area contributed by atoms with Crippen LogP contribution >= 0.6 is 15.9 Å². The maximum absolute atomic E-state index is 11.9. The molecule has 0 aromatic heterocycles. The Kier molecular flexibility index (Phi) is 7.53. The maximum Gasteiger partial charge on any atom is 0.260 e. The molecule has 5 nitrogen and oxygen atoms in total. The summed E-state index contributed by atoms with van der Waals surface area (Å²) in [5, 5.41) is 2.84. The topological polar surface area (TPSA) is 73.6 Å². The number of benzene rings is 1. The number of carbonyl (C=O) groups excluding carboxylic acids is 1. The van der Waals surface area contributed by atoms with E-state index < -0.39 is 6.10 Å². The number of methoxy groups -OCH3 is 1. The quantitative estimate of drug-likeness (QED) is 0.700. The van der Waals surface area contributed by atoms with Gasteiger partial charge in [-0.15, -0.1) is 0 Å². The Hall–Kier alpha value is -1.27. The normalized spacial score (nSPS) is 11.9. The predicted octanol–water partition coefficient (Wildman–Crippen LogP) is 2.60. The van der Waals surface area contributed by atoms with Crippen LogP contribution in [0.4, 0.5) is 0 Å². The molecule has 0 spiro atoms. The Balaban J connectivity index is 2.79. The van der Waals surface area contributed by atoms with Gasteiger partial charge >= 0.3 is 0 Å². The summed E-state index contributed by atoms with van der Waals surface area (Å²) >= 11 is 3.43. The second kappa shape index (κ2) is 8.89. The number of hydrogen-bond donors (Lipinski definition) is 2. The molecule has 21 heavy (non-hydrogen) atoms. The van der Waals surface area contributed by atoms with Crippen molar-refractivity contribution >= 4 is 21.8 Å². The van der Waals surface area contributed by atoms with Crippen LogP contribution in [0.25, 0.3) is 0 Å². The van der Waals surface area contributed by atoms with Gasteiger partial charge in [-0.1, -0.05) is 13.3 Å². The number of ether oxygens (including phenoxy) is 2. The van der Waals surface area contributed by atoms with Crippen molar-refractivity contribution < 1.29 is 14.3 Å². The molecular weight excluding hydrogens is 336 g/mol. The number of nitrogens with one attached hydrogen (secondary N) is 1. The summed E-state index contributed by atoms with van der Waals surface area (Å²) in [7, 11) is 1.56. The number of halogens is 1. The number of rotatable bonds is 8. The minimum absolute atomic E-state index is 0.139. The number of carbonyl (C=O) groups is 1. The lowest BCUT2D eigenvalue weighted by atomic mass is 10.2. The first-order valence-corrected chi connectivity index (χ1v) is 7.83. The lowest BCUT2D eigenvalue weighted by Crippen LogP contribution is -2.36. The van der Waals surface area contributed by atoms with Gasteiger partial charge in [-0.05, 0) is 47.0 Å². The molecule has 3 N–H and O–H groups in total. The van der Waals surface area contributed by atoms with Gasteiger partial charge in [-0.2, -0.15) is 0 Å². The standard InChI is InChI=1S/C15H23BrN2O3/c1-4-5-6-18-15(19)10(2)21-14-12(16)7-11(9-17)8-13(14)20-3/h7-8,10H,4-6,9,17H2,1-3H3,(H,18,19). The SMILES string of the molecule is CCCCNC(=O)C(C)Oc1c(Br)cc(CN)cc1OC. The van der Waals surface area contributed by atoms with Gasteiger partial charge in [0.15, 0.2) is 17.6 Å². The van der Waals surface area contributed by atoms with E-state index >= 15 is 0 Å². The number of unbranched alkanes of at least 4 members (excludes halogenated alkanes) is 1. The molecule has 0 fully saturated rings. The van der Waals surface area contributed by atoms with Crippen LogP contribution in [0.1, 0.15) is 32.3 Å². The van der Waals surface area contributed by atoms with E-state index in [0.717, 1.165) is 22.9 Å². The molecule has 1 aromatic rings. The Morgan fingerprint density at radius 1 is 1.48 bits per heavy atom. The highest BCUT2D eigenvalue weighted by molar-refractivity contribution is 9.10. The van der Waals surface area contributed by atoms with E-state index in [4.69, 9.17) is 15.2 Å². The Morgan fingerprint density at radius 2 is 2.19 bits per heavy atom. The van der Waals surface area contributed by atoms with E-state index in [1.165, 1.54) is 0 Å². The molecule has 0 aliphatic carbocycles. The van der Waals surface area contributed by atoms with Crippen LogP contribution < -0.4 is 20.5 Å². The van der Waals surface area contributed by atoms with E-state index in [1.807, 2.05) is 12.1 Å². The van der Waals surface area contributed by atoms with Crippen LogP contribution in [0.5, 0.6) is 11.5 Å². The molecular formula is C15H23BrN2O3. The Bertz CT molecular complexity index is 480. The molecule has 1 unspecified atom stereocenters. The van der Waals surface area contributed by atoms with Crippen molar-refractivity contribution in [3.05, 3.63) is 22.2 Å². The molecule has 0 saturated heterocycles. The zero-order valence-corrected chi connectivity index (χ0v) is 14.3. The summed E-state index contributed by atoms with van der Waals surface area (Å²) in [6, 6.07) is 3.67. The van der Waals surface area contributed by atoms with Crippen LogP contribution in [-0.4, -0.2) is 25.7 Å². The zero-order chi connectivity index (χ0) is 15.8. The summed E-state index contributed by atoms with van der Waals surface area (Å²) in [5.41, 5.74) is 6.55. The lowest BCUT2D eigenvalue weighted by molar-refractivity contribution is -0.127. The second-order valence-corrected chi connectivity index (χ2v) is 5.57. The van der Waals surface area contributed by atoms with Gasteiger partial charge in [0.2, 0.25) is 0 Å². The fourth-order valence-electron chi connectivity index (χ4n) is 1.77. The fourth-order valence-corrected chi connectivity index (χ4v) is 2.35. The van der Waals surface area contributed by atoms with Crippen LogP contribution in [0.3, 0.4) is 0 Å². The predicted molar refractivity (Wildman–Crippen MR) is 86.6 cm³/mol. The third-order valence-corrected chi connectivity index (χ3v) is 3.61. The van der Waals surface area contributed by atoms with E-state index in [9.17, 15) is 4.79 Å². The first-order chi connectivity index (χ1) is 10.0. The summed E-state index contributed by atoms with van der Waals surface area (Å²) in [6.45, 7) is 4.85. The second-order valence-electron chi connectivity index (χ2n) is 4.72. The van der Waals surface area contributed by atoms with E-state index in [-0.39, 0.29) is 5.91 Å². The highest BCUT2D eigenvalue weighted by atomic mass is 79.9. The average molecular weight is 359 g/mol. The minimum Gasteiger partial charge on any atom is -0.493 e. The summed E-state index contributed by atoms with van der Waals surface area (Å²) < 4.78 is 11.8. The van der Waals surface area contributed by atoms with Crippen molar-refractivity contribution in [2.24, 2.45) is 5.73 Å². The smallest absolute Gasteiger partial charge is 0.260 e. The third kappa shape index (κ3) is 5.21. The molecule has 0 aliphatic rings. The van der Waals surface area contributed by atoms with Crippen molar-refractivity contribution in [3.63, 3.8) is 0 Å². The molecule has 118 valence electrons. The molecule has 0 aliphatic heterocycles. The lowest BCUT2D eigenvalue weighted by Gasteiger charge is -2.18. The largest absolute Gasteiger partial charge is 0.493 e. The minimum atomic E-state index is -0.601. The fraction of sp³-hybridized carbons (Fsp3) is 0.533. The summed E-state index contributed by atoms with van der Waals surface area (Å²) in [4.78, 5) is 11.9. The van der Waals surface area contributed by atoms with E-state index in [2.05, 4.69) is 28.2 Å². The first kappa shape index (κ1) is 17.8. The van der Waals surface area contributed by atoms with Gasteiger partial charge in [0.05, 0.1) is 11.6 Å². The molecule has 0 radical (unpaired) electrons. The van der Waals surface area contributed by atoms with Crippen molar-refractivity contribution in [3.8, 4) is 11.5 Å². The van der Waals surface area contributed by atoms with Gasteiger partial charge in [0.1, 0.15) is 0 Å². The molecule has 1 atom stereocenters. The van der Waals surface area contributed by atoms with Gasteiger partial charge in [0, 0.05) is 13.1 Å². The maximum atomic E-state index is 11.9. The first-order valence-electron chi connectivity index (χ1n) is 7.04. The van der Waals surface area contributed by atoms with Gasteiger partial charge < -0.3 is 20.5 Å². The molecule has 0 heterocycles. The van der Waals surface area contributed by atoms with Crippen molar-refractivity contribution in [1.82, 2.24) is 5.32 Å². The van der Waals surface area contributed by atoms with Crippen molar-refractivity contribution in [2.45, 2.75) is 39.3 Å². The third-order valence-electron chi connectivity index (χ3n) is 3.02. The number of nitrogens with two attached hydrogens (primary N) is 1. The summed E-state index contributed by atoms with van der Waals surface area (Å²) in [5.74, 6) is 0.922. The molecule has 6 heteroatoms. The van der Waals surface area contributed by atoms with Gasteiger partial charge in [-0.25, -0.2) is 0 Å². The monoisotopic (exact) mass is 358 g/mol.